The molecular formula is C12H17BrO3Si. The Morgan fingerprint density at radius 2 is 2.06 bits per heavy atom. The lowest BCUT2D eigenvalue weighted by molar-refractivity contribution is 0.0521. The summed E-state index contributed by atoms with van der Waals surface area (Å²) in [6, 6.07) is 5.76. The quantitative estimate of drug-likeness (QED) is 0.681. The van der Waals surface area contributed by atoms with Crippen LogP contribution in [0.3, 0.4) is 0 Å². The zero-order valence-corrected chi connectivity index (χ0v) is 12.9. The van der Waals surface area contributed by atoms with Gasteiger partial charge in [-0.15, -0.1) is 0 Å². The predicted octanol–water partition coefficient (Wildman–Crippen LogP) is 3.65. The fraction of sp³-hybridized carbons (Fsp3) is 0.417. The van der Waals surface area contributed by atoms with Gasteiger partial charge in [0, 0.05) is 12.5 Å². The van der Waals surface area contributed by atoms with E-state index >= 15 is 0 Å². The van der Waals surface area contributed by atoms with Crippen LogP contribution in [0, 0.1) is 0 Å². The van der Waals surface area contributed by atoms with Gasteiger partial charge in [-0.05, 0) is 34.1 Å². The van der Waals surface area contributed by atoms with Crippen LogP contribution < -0.4 is 0 Å². The Hall–Kier alpha value is -0.813. The molecule has 0 bridgehead atoms. The minimum absolute atomic E-state index is 0.0580. The Morgan fingerprint density at radius 1 is 1.41 bits per heavy atom. The van der Waals surface area contributed by atoms with E-state index in [1.807, 2.05) is 0 Å². The average Bonchev–Trinajstić information content (AvgIpc) is 2.15. The van der Waals surface area contributed by atoms with E-state index in [0.29, 0.717) is 11.1 Å². The molecule has 17 heavy (non-hydrogen) atoms. The molecule has 5 heteroatoms. The summed E-state index contributed by atoms with van der Waals surface area (Å²) in [5.41, 5.74) is 0.197. The molecule has 94 valence electrons. The maximum atomic E-state index is 11.8. The molecule has 0 atom stereocenters. The first-order chi connectivity index (χ1) is 7.81. The Labute approximate surface area is 111 Å². The number of ether oxygens (including phenoxy) is 1. The van der Waals surface area contributed by atoms with Crippen LogP contribution in [0.4, 0.5) is 0 Å². The molecule has 1 aromatic rings. The van der Waals surface area contributed by atoms with E-state index < -0.39 is 14.0 Å². The van der Waals surface area contributed by atoms with Crippen molar-refractivity contribution in [2.24, 2.45) is 0 Å². The van der Waals surface area contributed by atoms with Gasteiger partial charge < -0.3 is 9.84 Å². The van der Waals surface area contributed by atoms with Crippen LogP contribution in [0.1, 0.15) is 10.4 Å². The smallest absolute Gasteiger partial charge is 0.343 e. The third-order valence-electron chi connectivity index (χ3n) is 2.28. The van der Waals surface area contributed by atoms with E-state index in [-0.39, 0.29) is 11.3 Å². The van der Waals surface area contributed by atoms with Crippen molar-refractivity contribution >= 4 is 30.0 Å². The average molecular weight is 317 g/mol. The molecule has 0 amide bonds. The molecule has 1 rings (SSSR count). The number of rotatable bonds is 4. The largest absolute Gasteiger partial charge is 0.507 e. The van der Waals surface area contributed by atoms with E-state index in [9.17, 15) is 9.90 Å². The highest BCUT2D eigenvalue weighted by molar-refractivity contribution is 9.10. The second-order valence-corrected chi connectivity index (χ2v) is 11.6. The van der Waals surface area contributed by atoms with Crippen LogP contribution in [0.15, 0.2) is 22.7 Å². The van der Waals surface area contributed by atoms with Gasteiger partial charge >= 0.3 is 5.97 Å². The third-order valence-corrected chi connectivity index (χ3v) is 4.65. The number of carbonyl (C=O) groups excluding carboxylic acids is 1. The zero-order chi connectivity index (χ0) is 13.1. The van der Waals surface area contributed by atoms with E-state index in [0.717, 1.165) is 6.04 Å². The lowest BCUT2D eigenvalue weighted by Crippen LogP contribution is -2.22. The lowest BCUT2D eigenvalue weighted by atomic mass is 10.2. The molecule has 1 N–H and O–H groups in total. The highest BCUT2D eigenvalue weighted by Crippen LogP contribution is 2.26. The van der Waals surface area contributed by atoms with Crippen LogP contribution in [-0.4, -0.2) is 25.8 Å². The van der Waals surface area contributed by atoms with E-state index in [2.05, 4.69) is 35.6 Å². The second kappa shape index (κ2) is 5.69. The molecule has 0 aliphatic carbocycles. The summed E-state index contributed by atoms with van der Waals surface area (Å²) >= 11 is 3.23. The second-order valence-electron chi connectivity index (χ2n) is 5.08. The number of phenols is 1. The van der Waals surface area contributed by atoms with Gasteiger partial charge in [0.05, 0.1) is 6.61 Å². The van der Waals surface area contributed by atoms with Crippen LogP contribution in [0.2, 0.25) is 25.7 Å². The number of halogens is 1. The fourth-order valence-electron chi connectivity index (χ4n) is 1.24. The van der Waals surface area contributed by atoms with Crippen molar-refractivity contribution in [2.75, 3.05) is 6.61 Å². The van der Waals surface area contributed by atoms with Gasteiger partial charge in [-0.1, -0.05) is 25.7 Å². The highest BCUT2D eigenvalue weighted by Gasteiger charge is 2.18. The molecule has 0 unspecified atom stereocenters. The van der Waals surface area contributed by atoms with Crippen molar-refractivity contribution in [3.63, 3.8) is 0 Å². The third kappa shape index (κ3) is 4.51. The van der Waals surface area contributed by atoms with Crippen LogP contribution in [0.25, 0.3) is 0 Å². The van der Waals surface area contributed by atoms with Crippen LogP contribution >= 0.6 is 15.9 Å². The molecule has 0 radical (unpaired) electrons. The standard InChI is InChI=1S/C12H17BrO3Si/c1-17(2,3)8-7-16-12(15)11-9(13)5-4-6-10(11)14/h4-6,14H,7-8H2,1-3H3. The number of esters is 1. The number of phenolic OH excluding ortho intramolecular Hbond substituents is 1. The van der Waals surface area contributed by atoms with E-state index in [1.54, 1.807) is 12.1 Å². The molecule has 1 aromatic carbocycles. The first-order valence-corrected chi connectivity index (χ1v) is 9.96. The predicted molar refractivity (Wildman–Crippen MR) is 74.2 cm³/mol. The van der Waals surface area contributed by atoms with Gasteiger partial charge in [0.1, 0.15) is 11.3 Å². The molecule has 3 nitrogen and oxygen atoms in total. The monoisotopic (exact) mass is 316 g/mol. The van der Waals surface area contributed by atoms with Gasteiger partial charge in [0.25, 0.3) is 0 Å². The summed E-state index contributed by atoms with van der Waals surface area (Å²) in [6.07, 6.45) is 0. The van der Waals surface area contributed by atoms with Gasteiger partial charge in [-0.25, -0.2) is 4.79 Å². The van der Waals surface area contributed by atoms with Crippen molar-refractivity contribution in [1.29, 1.82) is 0 Å². The van der Waals surface area contributed by atoms with Crippen molar-refractivity contribution < 1.29 is 14.6 Å². The van der Waals surface area contributed by atoms with Crippen molar-refractivity contribution in [3.8, 4) is 5.75 Å². The minimum atomic E-state index is -1.20. The summed E-state index contributed by atoms with van der Waals surface area (Å²) in [7, 11) is -1.20. The Balaban J connectivity index is 2.65. The molecule has 0 spiro atoms. The summed E-state index contributed by atoms with van der Waals surface area (Å²) in [5.74, 6) is -0.536. The van der Waals surface area contributed by atoms with E-state index in [4.69, 9.17) is 4.74 Å². The lowest BCUT2D eigenvalue weighted by Gasteiger charge is -2.15. The molecule has 0 heterocycles. The first-order valence-electron chi connectivity index (χ1n) is 5.46. The summed E-state index contributed by atoms with van der Waals surface area (Å²) < 4.78 is 5.72. The number of benzene rings is 1. The highest BCUT2D eigenvalue weighted by atomic mass is 79.9. The number of aromatic hydroxyl groups is 1. The van der Waals surface area contributed by atoms with Crippen LogP contribution in [-0.2, 0) is 4.74 Å². The van der Waals surface area contributed by atoms with E-state index in [1.165, 1.54) is 6.07 Å². The summed E-state index contributed by atoms with van der Waals surface area (Å²) in [6.45, 7) is 7.07. The molecular weight excluding hydrogens is 300 g/mol. The van der Waals surface area contributed by atoms with Gasteiger partial charge in [0.2, 0.25) is 0 Å². The fourth-order valence-corrected chi connectivity index (χ4v) is 2.47. The molecule has 0 saturated carbocycles. The Bertz CT molecular complexity index is 392. The summed E-state index contributed by atoms with van der Waals surface area (Å²) in [5, 5.41) is 9.60. The number of hydrogen-bond acceptors (Lipinski definition) is 3. The number of carbonyl (C=O) groups is 1. The van der Waals surface area contributed by atoms with Crippen molar-refractivity contribution in [1.82, 2.24) is 0 Å². The van der Waals surface area contributed by atoms with Gasteiger partial charge in [-0.3, -0.25) is 0 Å². The topological polar surface area (TPSA) is 46.5 Å². The first kappa shape index (κ1) is 14.2. The van der Waals surface area contributed by atoms with Crippen molar-refractivity contribution in [2.45, 2.75) is 25.7 Å². The van der Waals surface area contributed by atoms with Crippen LogP contribution in [0.5, 0.6) is 5.75 Å². The molecule has 0 fully saturated rings. The zero-order valence-electron chi connectivity index (χ0n) is 10.3. The van der Waals surface area contributed by atoms with Crippen molar-refractivity contribution in [3.05, 3.63) is 28.2 Å². The Morgan fingerprint density at radius 3 is 2.59 bits per heavy atom. The molecule has 0 aliphatic rings. The Kier molecular flexibility index (Phi) is 4.77. The summed E-state index contributed by atoms with van der Waals surface area (Å²) in [4.78, 5) is 11.8. The minimum Gasteiger partial charge on any atom is -0.507 e. The van der Waals surface area contributed by atoms with Gasteiger partial charge in [-0.2, -0.15) is 0 Å². The number of hydrogen-bond donors (Lipinski definition) is 1. The molecule has 0 aromatic heterocycles. The normalized spacial score (nSPS) is 11.3. The molecule has 0 saturated heterocycles. The SMILES string of the molecule is C[Si](C)(C)CCOC(=O)c1c(O)cccc1Br. The molecule has 0 aliphatic heterocycles. The maximum Gasteiger partial charge on any atom is 0.343 e. The van der Waals surface area contributed by atoms with Gasteiger partial charge in [0.15, 0.2) is 0 Å². The maximum absolute atomic E-state index is 11.8.